The summed E-state index contributed by atoms with van der Waals surface area (Å²) < 4.78 is 5.45. The molecule has 0 radical (unpaired) electrons. The van der Waals surface area contributed by atoms with Gasteiger partial charge in [0.1, 0.15) is 6.10 Å². The van der Waals surface area contributed by atoms with E-state index in [1.807, 2.05) is 0 Å². The number of fused-ring (bicyclic) bond motifs is 2. The van der Waals surface area contributed by atoms with Crippen LogP contribution in [-0.4, -0.2) is 12.1 Å². The molecular weight excluding hydrogens is 200 g/mol. The lowest BCUT2D eigenvalue weighted by Crippen LogP contribution is -2.29. The van der Waals surface area contributed by atoms with E-state index in [0.29, 0.717) is 5.92 Å². The molecule has 4 atom stereocenters. The van der Waals surface area contributed by atoms with Gasteiger partial charge in [0.2, 0.25) is 0 Å². The van der Waals surface area contributed by atoms with Crippen LogP contribution in [0.4, 0.5) is 0 Å². The van der Waals surface area contributed by atoms with Crippen LogP contribution in [0, 0.1) is 17.8 Å². The van der Waals surface area contributed by atoms with Crippen LogP contribution >= 0.6 is 0 Å². The molecular formula is C14H22O2. The molecule has 0 aromatic heterocycles. The van der Waals surface area contributed by atoms with Crippen molar-refractivity contribution in [2.45, 2.75) is 52.6 Å². The number of hydrogen-bond acceptors (Lipinski definition) is 2. The van der Waals surface area contributed by atoms with Crippen LogP contribution in [0.5, 0.6) is 0 Å². The third kappa shape index (κ3) is 2.02. The highest BCUT2D eigenvalue weighted by Crippen LogP contribution is 2.53. The fourth-order valence-electron chi connectivity index (χ4n) is 3.66. The molecule has 0 spiro atoms. The highest BCUT2D eigenvalue weighted by molar-refractivity contribution is 5.66. The summed E-state index contributed by atoms with van der Waals surface area (Å²) in [6.07, 6.45) is 7.19. The van der Waals surface area contributed by atoms with Gasteiger partial charge in [0.15, 0.2) is 0 Å². The van der Waals surface area contributed by atoms with Gasteiger partial charge in [-0.1, -0.05) is 18.6 Å². The summed E-state index contributed by atoms with van der Waals surface area (Å²) in [5, 5.41) is 0. The molecule has 2 aliphatic rings. The van der Waals surface area contributed by atoms with E-state index in [1.54, 1.807) is 5.57 Å². The minimum absolute atomic E-state index is 0.124. The van der Waals surface area contributed by atoms with Gasteiger partial charge in [0.05, 0.1) is 0 Å². The fourth-order valence-corrected chi connectivity index (χ4v) is 3.66. The molecule has 2 fully saturated rings. The first-order valence-corrected chi connectivity index (χ1v) is 6.48. The van der Waals surface area contributed by atoms with Crippen LogP contribution in [0.1, 0.15) is 46.5 Å². The summed E-state index contributed by atoms with van der Waals surface area (Å²) in [5.74, 6) is 2.04. The molecule has 16 heavy (non-hydrogen) atoms. The van der Waals surface area contributed by atoms with E-state index in [9.17, 15) is 4.79 Å². The smallest absolute Gasteiger partial charge is 0.302 e. The standard InChI is InChI=1S/C14H22O2/c1-4-10-6-12-7-11(10)8-13(12)14(5-2)16-9(3)15/h4,11-14H,5-8H2,1-3H3/b10-4+. The maximum atomic E-state index is 11.1. The van der Waals surface area contributed by atoms with Crippen LogP contribution in [0.3, 0.4) is 0 Å². The molecule has 0 N–H and O–H groups in total. The van der Waals surface area contributed by atoms with Crippen molar-refractivity contribution in [1.29, 1.82) is 0 Å². The molecule has 2 aliphatic carbocycles. The second-order valence-electron chi connectivity index (χ2n) is 5.22. The van der Waals surface area contributed by atoms with E-state index >= 15 is 0 Å². The Bertz CT molecular complexity index is 306. The predicted octanol–water partition coefficient (Wildman–Crippen LogP) is 3.32. The van der Waals surface area contributed by atoms with Crippen LogP contribution in [0.25, 0.3) is 0 Å². The third-order valence-electron chi connectivity index (χ3n) is 4.34. The molecule has 2 nitrogen and oxygen atoms in total. The molecule has 90 valence electrons. The predicted molar refractivity (Wildman–Crippen MR) is 63.9 cm³/mol. The zero-order valence-electron chi connectivity index (χ0n) is 10.5. The number of esters is 1. The van der Waals surface area contributed by atoms with Gasteiger partial charge in [-0.15, -0.1) is 0 Å². The minimum atomic E-state index is -0.124. The van der Waals surface area contributed by atoms with Crippen LogP contribution in [0.15, 0.2) is 11.6 Å². The molecule has 2 rings (SSSR count). The van der Waals surface area contributed by atoms with Crippen LogP contribution < -0.4 is 0 Å². The zero-order valence-corrected chi connectivity index (χ0v) is 10.5. The van der Waals surface area contributed by atoms with Gasteiger partial charge in [-0.05, 0) is 50.4 Å². The van der Waals surface area contributed by atoms with Crippen LogP contribution in [-0.2, 0) is 9.53 Å². The lowest BCUT2D eigenvalue weighted by Gasteiger charge is -2.30. The van der Waals surface area contributed by atoms with Gasteiger partial charge < -0.3 is 4.74 Å². The number of carbonyl (C=O) groups is 1. The van der Waals surface area contributed by atoms with E-state index < -0.39 is 0 Å². The van der Waals surface area contributed by atoms with Crippen molar-refractivity contribution in [3.05, 3.63) is 11.6 Å². The molecule has 0 heterocycles. The van der Waals surface area contributed by atoms with E-state index in [4.69, 9.17) is 4.74 Å². The average molecular weight is 222 g/mol. The largest absolute Gasteiger partial charge is 0.462 e. The topological polar surface area (TPSA) is 26.3 Å². The molecule has 2 saturated carbocycles. The summed E-state index contributed by atoms with van der Waals surface area (Å²) in [6, 6.07) is 0. The maximum Gasteiger partial charge on any atom is 0.302 e. The summed E-state index contributed by atoms with van der Waals surface area (Å²) in [6.45, 7) is 5.79. The Labute approximate surface area is 98.1 Å². The first-order valence-electron chi connectivity index (χ1n) is 6.48. The summed E-state index contributed by atoms with van der Waals surface area (Å²) in [7, 11) is 0. The molecule has 2 bridgehead atoms. The second-order valence-corrected chi connectivity index (χ2v) is 5.22. The van der Waals surface area contributed by atoms with E-state index in [1.165, 1.54) is 26.2 Å². The van der Waals surface area contributed by atoms with Gasteiger partial charge in [-0.3, -0.25) is 4.79 Å². The average Bonchev–Trinajstić information content (AvgIpc) is 2.83. The van der Waals surface area contributed by atoms with Crippen molar-refractivity contribution >= 4 is 5.97 Å². The van der Waals surface area contributed by atoms with Gasteiger partial charge in [-0.25, -0.2) is 0 Å². The normalized spacial score (nSPS) is 36.7. The van der Waals surface area contributed by atoms with Gasteiger partial charge in [-0.2, -0.15) is 0 Å². The highest BCUT2D eigenvalue weighted by atomic mass is 16.5. The molecule has 2 heteroatoms. The molecule has 4 unspecified atom stereocenters. The number of ether oxygens (including phenoxy) is 1. The molecule has 0 aliphatic heterocycles. The number of allylic oxidation sites excluding steroid dienone is 2. The Morgan fingerprint density at radius 2 is 2.31 bits per heavy atom. The molecule has 0 saturated heterocycles. The van der Waals surface area contributed by atoms with Crippen molar-refractivity contribution in [1.82, 2.24) is 0 Å². The molecule has 0 aromatic rings. The lowest BCUT2D eigenvalue weighted by atomic mass is 9.81. The highest BCUT2D eigenvalue weighted by Gasteiger charge is 2.45. The lowest BCUT2D eigenvalue weighted by molar-refractivity contribution is -0.150. The number of carbonyl (C=O) groups excluding carboxylic acids is 1. The van der Waals surface area contributed by atoms with E-state index in [-0.39, 0.29) is 12.1 Å². The first kappa shape index (κ1) is 11.7. The van der Waals surface area contributed by atoms with E-state index in [2.05, 4.69) is 19.9 Å². The quantitative estimate of drug-likeness (QED) is 0.541. The SMILES string of the molecule is C/C=C1\CC2CC1CC2C(CC)OC(C)=O. The van der Waals surface area contributed by atoms with E-state index in [0.717, 1.165) is 18.3 Å². The zero-order chi connectivity index (χ0) is 11.7. The Morgan fingerprint density at radius 3 is 2.75 bits per heavy atom. The van der Waals surface area contributed by atoms with Crippen molar-refractivity contribution in [2.24, 2.45) is 17.8 Å². The maximum absolute atomic E-state index is 11.1. The Kier molecular flexibility index (Phi) is 3.36. The fraction of sp³-hybridized carbons (Fsp3) is 0.786. The third-order valence-corrected chi connectivity index (χ3v) is 4.34. The summed E-state index contributed by atoms with van der Waals surface area (Å²) in [4.78, 5) is 11.1. The Morgan fingerprint density at radius 1 is 1.56 bits per heavy atom. The molecule has 0 aromatic carbocycles. The van der Waals surface area contributed by atoms with Crippen molar-refractivity contribution < 1.29 is 9.53 Å². The van der Waals surface area contributed by atoms with Gasteiger partial charge in [0, 0.05) is 6.92 Å². The summed E-state index contributed by atoms with van der Waals surface area (Å²) >= 11 is 0. The molecule has 0 amide bonds. The number of hydrogen-bond donors (Lipinski definition) is 0. The van der Waals surface area contributed by atoms with Gasteiger partial charge >= 0.3 is 5.97 Å². The second kappa shape index (κ2) is 4.60. The van der Waals surface area contributed by atoms with Crippen molar-refractivity contribution in [3.63, 3.8) is 0 Å². The minimum Gasteiger partial charge on any atom is -0.462 e. The van der Waals surface area contributed by atoms with Crippen LogP contribution in [0.2, 0.25) is 0 Å². The Balaban J connectivity index is 2.00. The van der Waals surface area contributed by atoms with Crippen molar-refractivity contribution in [3.8, 4) is 0 Å². The van der Waals surface area contributed by atoms with Crippen molar-refractivity contribution in [2.75, 3.05) is 0 Å². The first-order chi connectivity index (χ1) is 7.65. The Hall–Kier alpha value is -0.790. The van der Waals surface area contributed by atoms with Gasteiger partial charge in [0.25, 0.3) is 0 Å². The monoisotopic (exact) mass is 222 g/mol. The summed E-state index contributed by atoms with van der Waals surface area (Å²) in [5.41, 5.74) is 1.64. The number of rotatable bonds is 3.